The molecule has 0 saturated carbocycles. The summed E-state index contributed by atoms with van der Waals surface area (Å²) in [5, 5.41) is 1.48. The molecule has 0 bridgehead atoms. The van der Waals surface area contributed by atoms with E-state index in [1.54, 1.807) is 6.21 Å². The van der Waals surface area contributed by atoms with Gasteiger partial charge in [-0.2, -0.15) is 0 Å². The third kappa shape index (κ3) is 0.969. The fraction of sp³-hybridized carbons (Fsp3) is 0.143. The first kappa shape index (κ1) is 6.30. The molecule has 0 atom stereocenters. The van der Waals surface area contributed by atoms with Gasteiger partial charge < -0.3 is 0 Å². The molecule has 0 unspecified atom stereocenters. The van der Waals surface area contributed by atoms with Gasteiger partial charge in [0.1, 0.15) is 0 Å². The van der Waals surface area contributed by atoms with Crippen LogP contribution in [0, 0.1) is 0 Å². The molecule has 0 fully saturated rings. The number of rotatable bonds is 0. The van der Waals surface area contributed by atoms with Crippen LogP contribution in [0.2, 0.25) is 0 Å². The second kappa shape index (κ2) is 2.32. The molecule has 0 spiro atoms. The summed E-state index contributed by atoms with van der Waals surface area (Å²) >= 11 is 0. The SMILES string of the molecule is O=C1C=CN=CC2=CCNN12. The normalized spacial score (nSPS) is 21.6. The van der Waals surface area contributed by atoms with Crippen LogP contribution in [0.5, 0.6) is 0 Å². The Morgan fingerprint density at radius 2 is 2.55 bits per heavy atom. The van der Waals surface area contributed by atoms with Crippen molar-refractivity contribution in [2.24, 2.45) is 4.99 Å². The molecular formula is C7H7N3O. The lowest BCUT2D eigenvalue weighted by molar-refractivity contribution is -0.125. The van der Waals surface area contributed by atoms with E-state index in [0.29, 0.717) is 6.54 Å². The third-order valence-corrected chi connectivity index (χ3v) is 1.55. The van der Waals surface area contributed by atoms with Gasteiger partial charge in [0.15, 0.2) is 0 Å². The highest BCUT2D eigenvalue weighted by molar-refractivity contribution is 5.96. The smallest absolute Gasteiger partial charge is 0.266 e. The number of hydrazine groups is 1. The monoisotopic (exact) mass is 149 g/mol. The van der Waals surface area contributed by atoms with Crippen molar-refractivity contribution in [3.63, 3.8) is 0 Å². The van der Waals surface area contributed by atoms with Gasteiger partial charge in [-0.15, -0.1) is 0 Å². The molecule has 4 heteroatoms. The predicted molar refractivity (Wildman–Crippen MR) is 40.6 cm³/mol. The van der Waals surface area contributed by atoms with Crippen molar-refractivity contribution in [3.05, 3.63) is 24.0 Å². The summed E-state index contributed by atoms with van der Waals surface area (Å²) in [7, 11) is 0. The average molecular weight is 149 g/mol. The summed E-state index contributed by atoms with van der Waals surface area (Å²) in [5.41, 5.74) is 3.72. The molecule has 0 saturated heterocycles. The van der Waals surface area contributed by atoms with Crippen LogP contribution >= 0.6 is 0 Å². The van der Waals surface area contributed by atoms with E-state index in [1.807, 2.05) is 6.08 Å². The highest BCUT2D eigenvalue weighted by Crippen LogP contribution is 2.07. The van der Waals surface area contributed by atoms with Gasteiger partial charge in [-0.25, -0.2) is 10.4 Å². The molecule has 1 amide bonds. The number of amides is 1. The van der Waals surface area contributed by atoms with Crippen molar-refractivity contribution in [1.82, 2.24) is 10.4 Å². The van der Waals surface area contributed by atoms with Gasteiger partial charge in [0, 0.05) is 18.8 Å². The number of allylic oxidation sites excluding steroid dienone is 1. The van der Waals surface area contributed by atoms with Crippen LogP contribution in [0.4, 0.5) is 0 Å². The first-order chi connectivity index (χ1) is 5.38. The standard InChI is InChI=1S/C7H7N3O/c11-7-2-3-8-5-6-1-4-9-10(6)7/h1-3,5,9H,4H2. The van der Waals surface area contributed by atoms with Gasteiger partial charge >= 0.3 is 0 Å². The fourth-order valence-corrected chi connectivity index (χ4v) is 1.04. The summed E-state index contributed by atoms with van der Waals surface area (Å²) in [6, 6.07) is 0. The molecule has 0 aromatic carbocycles. The minimum absolute atomic E-state index is 0.0775. The molecule has 0 aliphatic carbocycles. The van der Waals surface area contributed by atoms with Gasteiger partial charge in [-0.3, -0.25) is 9.79 Å². The maximum atomic E-state index is 11.2. The summed E-state index contributed by atoms with van der Waals surface area (Å²) in [5.74, 6) is -0.0775. The molecule has 2 aliphatic rings. The number of fused-ring (bicyclic) bond motifs is 1. The molecule has 0 aromatic rings. The van der Waals surface area contributed by atoms with Crippen LogP contribution in [0.15, 0.2) is 29.0 Å². The van der Waals surface area contributed by atoms with E-state index in [4.69, 9.17) is 0 Å². The average Bonchev–Trinajstić information content (AvgIpc) is 2.40. The van der Waals surface area contributed by atoms with Crippen molar-refractivity contribution in [2.75, 3.05) is 6.54 Å². The van der Waals surface area contributed by atoms with E-state index in [2.05, 4.69) is 10.4 Å². The van der Waals surface area contributed by atoms with Gasteiger partial charge in [-0.1, -0.05) is 0 Å². The van der Waals surface area contributed by atoms with Crippen LogP contribution in [-0.2, 0) is 4.79 Å². The van der Waals surface area contributed by atoms with Crippen LogP contribution in [-0.4, -0.2) is 23.7 Å². The van der Waals surface area contributed by atoms with E-state index in [0.717, 1.165) is 5.70 Å². The Balaban J connectivity index is 2.36. The zero-order valence-electron chi connectivity index (χ0n) is 5.82. The van der Waals surface area contributed by atoms with Gasteiger partial charge in [0.05, 0.1) is 11.9 Å². The van der Waals surface area contributed by atoms with Crippen LogP contribution in [0.3, 0.4) is 0 Å². The summed E-state index contributed by atoms with van der Waals surface area (Å²) in [6.07, 6.45) is 6.48. The van der Waals surface area contributed by atoms with Crippen LogP contribution in [0.25, 0.3) is 0 Å². The van der Waals surface area contributed by atoms with Crippen molar-refractivity contribution in [2.45, 2.75) is 0 Å². The van der Waals surface area contributed by atoms with Crippen LogP contribution < -0.4 is 5.43 Å². The summed E-state index contributed by atoms with van der Waals surface area (Å²) in [4.78, 5) is 15.0. The van der Waals surface area contributed by atoms with E-state index < -0.39 is 0 Å². The van der Waals surface area contributed by atoms with E-state index in [-0.39, 0.29) is 5.91 Å². The Hall–Kier alpha value is -1.42. The minimum Gasteiger partial charge on any atom is -0.268 e. The zero-order chi connectivity index (χ0) is 7.68. The fourth-order valence-electron chi connectivity index (χ4n) is 1.04. The third-order valence-electron chi connectivity index (χ3n) is 1.55. The summed E-state index contributed by atoms with van der Waals surface area (Å²) < 4.78 is 0. The molecule has 2 rings (SSSR count). The minimum atomic E-state index is -0.0775. The van der Waals surface area contributed by atoms with Crippen molar-refractivity contribution in [3.8, 4) is 0 Å². The number of nitrogens with one attached hydrogen (secondary N) is 1. The van der Waals surface area contributed by atoms with Crippen molar-refractivity contribution in [1.29, 1.82) is 0 Å². The topological polar surface area (TPSA) is 44.7 Å². The van der Waals surface area contributed by atoms with Gasteiger partial charge in [0.25, 0.3) is 5.91 Å². The molecule has 4 nitrogen and oxygen atoms in total. The first-order valence-electron chi connectivity index (χ1n) is 3.35. The highest BCUT2D eigenvalue weighted by Gasteiger charge is 2.19. The Kier molecular flexibility index (Phi) is 1.33. The maximum absolute atomic E-state index is 11.2. The number of hydrogen-bond donors (Lipinski definition) is 1. The van der Waals surface area contributed by atoms with E-state index in [1.165, 1.54) is 17.3 Å². The van der Waals surface area contributed by atoms with Crippen LogP contribution in [0.1, 0.15) is 0 Å². The number of nitrogens with zero attached hydrogens (tertiary/aromatic N) is 2. The molecule has 56 valence electrons. The molecule has 1 N–H and O–H groups in total. The molecule has 2 heterocycles. The van der Waals surface area contributed by atoms with Crippen molar-refractivity contribution >= 4 is 12.1 Å². The highest BCUT2D eigenvalue weighted by atomic mass is 16.2. The molecule has 11 heavy (non-hydrogen) atoms. The second-order valence-corrected chi connectivity index (χ2v) is 2.26. The lowest BCUT2D eigenvalue weighted by Gasteiger charge is -2.13. The zero-order valence-corrected chi connectivity index (χ0v) is 5.82. The van der Waals surface area contributed by atoms with E-state index >= 15 is 0 Å². The number of hydrogen-bond acceptors (Lipinski definition) is 3. The molecule has 0 radical (unpaired) electrons. The molecule has 2 aliphatic heterocycles. The number of carbonyl (C=O) groups excluding carboxylic acids is 1. The van der Waals surface area contributed by atoms with Crippen molar-refractivity contribution < 1.29 is 4.79 Å². The second-order valence-electron chi connectivity index (χ2n) is 2.26. The Bertz CT molecular complexity index is 275. The number of aliphatic imine (C=N–C) groups is 1. The lowest BCUT2D eigenvalue weighted by atomic mass is 10.4. The lowest BCUT2D eigenvalue weighted by Crippen LogP contribution is -2.36. The molecular weight excluding hydrogens is 142 g/mol. The van der Waals surface area contributed by atoms with E-state index in [9.17, 15) is 4.79 Å². The maximum Gasteiger partial charge on any atom is 0.266 e. The Morgan fingerprint density at radius 3 is 3.45 bits per heavy atom. The summed E-state index contributed by atoms with van der Waals surface area (Å²) in [6.45, 7) is 0.695. The Morgan fingerprint density at radius 1 is 1.64 bits per heavy atom. The Labute approximate surface area is 63.9 Å². The quantitative estimate of drug-likeness (QED) is 0.519. The largest absolute Gasteiger partial charge is 0.268 e. The molecule has 0 aromatic heterocycles. The van der Waals surface area contributed by atoms with Gasteiger partial charge in [-0.05, 0) is 6.08 Å². The van der Waals surface area contributed by atoms with Gasteiger partial charge in [0.2, 0.25) is 0 Å². The number of carbonyl (C=O) groups is 1. The first-order valence-corrected chi connectivity index (χ1v) is 3.35. The predicted octanol–water partition coefficient (Wildman–Crippen LogP) is -0.185.